The Morgan fingerprint density at radius 2 is 2.41 bits per heavy atom. The van der Waals surface area contributed by atoms with Crippen LogP contribution in [0.25, 0.3) is 5.65 Å². The van der Waals surface area contributed by atoms with Gasteiger partial charge >= 0.3 is 5.97 Å². The maximum absolute atomic E-state index is 11.0. The first-order valence-corrected chi connectivity index (χ1v) is 5.42. The molecule has 0 radical (unpaired) electrons. The lowest BCUT2D eigenvalue weighted by Gasteiger charge is -2.05. The molecule has 6 nitrogen and oxygen atoms in total. The highest BCUT2D eigenvalue weighted by molar-refractivity contribution is 5.94. The van der Waals surface area contributed by atoms with Crippen molar-refractivity contribution in [3.05, 3.63) is 29.7 Å². The Morgan fingerprint density at radius 1 is 1.53 bits per heavy atom. The summed E-state index contributed by atoms with van der Waals surface area (Å²) in [5.41, 5.74) is 0.562. The highest BCUT2D eigenvalue weighted by atomic mass is 16.5. The fraction of sp³-hybridized carbons (Fsp3) is 0.364. The minimum atomic E-state index is -0.989. The normalized spacial score (nSPS) is 19.9. The molecule has 0 bridgehead atoms. The van der Waals surface area contributed by atoms with E-state index in [4.69, 9.17) is 9.84 Å². The van der Waals surface area contributed by atoms with Crippen LogP contribution in [0.3, 0.4) is 0 Å². The predicted molar refractivity (Wildman–Crippen MR) is 58.1 cm³/mol. The van der Waals surface area contributed by atoms with E-state index in [9.17, 15) is 4.79 Å². The minimum Gasteiger partial charge on any atom is -0.478 e. The van der Waals surface area contributed by atoms with E-state index in [2.05, 4.69) is 10.2 Å². The number of aromatic carboxylic acids is 1. The molecule has 2 aromatic heterocycles. The topological polar surface area (TPSA) is 76.7 Å². The minimum absolute atomic E-state index is 0.171. The number of rotatable bonds is 2. The lowest BCUT2D eigenvalue weighted by molar-refractivity contribution is 0.0698. The maximum atomic E-state index is 11.0. The average molecular weight is 233 g/mol. The van der Waals surface area contributed by atoms with Crippen LogP contribution < -0.4 is 0 Å². The van der Waals surface area contributed by atoms with Crippen LogP contribution in [0.15, 0.2) is 18.3 Å². The second-order valence-corrected chi connectivity index (χ2v) is 4.04. The molecule has 0 amide bonds. The smallest absolute Gasteiger partial charge is 0.339 e. The zero-order valence-corrected chi connectivity index (χ0v) is 9.04. The Hall–Kier alpha value is -1.95. The molecule has 0 aromatic carbocycles. The zero-order valence-electron chi connectivity index (χ0n) is 9.04. The number of carboxylic acids is 1. The SMILES string of the molecule is O=C(O)c1cccn2c(C3CCOC3)nnc12. The number of fused-ring (bicyclic) bond motifs is 1. The van der Waals surface area contributed by atoms with E-state index < -0.39 is 5.97 Å². The standard InChI is InChI=1S/C11H11N3O3/c15-11(16)8-2-1-4-14-9(12-13-10(8)14)7-3-5-17-6-7/h1-2,4,7H,3,5-6H2,(H,15,16). The Morgan fingerprint density at radius 3 is 3.12 bits per heavy atom. The van der Waals surface area contributed by atoms with Gasteiger partial charge in [0.15, 0.2) is 5.65 Å². The van der Waals surface area contributed by atoms with E-state index in [1.54, 1.807) is 16.7 Å². The fourth-order valence-electron chi connectivity index (χ4n) is 2.12. The molecule has 2 aromatic rings. The van der Waals surface area contributed by atoms with Gasteiger partial charge in [-0.05, 0) is 18.6 Å². The number of carboxylic acid groups (broad SMARTS) is 1. The molecule has 1 atom stereocenters. The second kappa shape index (κ2) is 3.81. The van der Waals surface area contributed by atoms with Gasteiger partial charge in [0.2, 0.25) is 0 Å². The highest BCUT2D eigenvalue weighted by Gasteiger charge is 2.24. The molecule has 1 fully saturated rings. The van der Waals surface area contributed by atoms with Crippen molar-refractivity contribution in [3.63, 3.8) is 0 Å². The van der Waals surface area contributed by atoms with Gasteiger partial charge in [0.05, 0.1) is 6.61 Å². The zero-order chi connectivity index (χ0) is 11.8. The number of ether oxygens (including phenoxy) is 1. The third-order valence-electron chi connectivity index (χ3n) is 2.99. The largest absolute Gasteiger partial charge is 0.478 e. The van der Waals surface area contributed by atoms with Gasteiger partial charge in [0.1, 0.15) is 11.4 Å². The van der Waals surface area contributed by atoms with Crippen molar-refractivity contribution >= 4 is 11.6 Å². The molecule has 0 aliphatic carbocycles. The predicted octanol–water partition coefficient (Wildman–Crippen LogP) is 0.931. The first-order chi connectivity index (χ1) is 8.27. The van der Waals surface area contributed by atoms with Gasteiger partial charge in [-0.15, -0.1) is 10.2 Å². The van der Waals surface area contributed by atoms with Gasteiger partial charge in [-0.1, -0.05) is 0 Å². The van der Waals surface area contributed by atoms with E-state index in [0.29, 0.717) is 12.3 Å². The summed E-state index contributed by atoms with van der Waals surface area (Å²) in [7, 11) is 0. The lowest BCUT2D eigenvalue weighted by atomic mass is 10.1. The lowest BCUT2D eigenvalue weighted by Crippen LogP contribution is -2.05. The summed E-state index contributed by atoms with van der Waals surface area (Å²) in [6, 6.07) is 3.22. The van der Waals surface area contributed by atoms with E-state index in [0.717, 1.165) is 18.9 Å². The van der Waals surface area contributed by atoms with Gasteiger partial charge in [-0.2, -0.15) is 0 Å². The Labute approximate surface area is 96.8 Å². The van der Waals surface area contributed by atoms with Gasteiger partial charge in [0.25, 0.3) is 0 Å². The van der Waals surface area contributed by atoms with Crippen LogP contribution >= 0.6 is 0 Å². The van der Waals surface area contributed by atoms with Crippen LogP contribution in [0.2, 0.25) is 0 Å². The Balaban J connectivity index is 2.15. The molecule has 6 heteroatoms. The number of carbonyl (C=O) groups is 1. The quantitative estimate of drug-likeness (QED) is 0.835. The summed E-state index contributed by atoms with van der Waals surface area (Å²) < 4.78 is 7.05. The number of pyridine rings is 1. The molecule has 1 N–H and O–H groups in total. The first kappa shape index (κ1) is 10.2. The van der Waals surface area contributed by atoms with Gasteiger partial charge < -0.3 is 9.84 Å². The summed E-state index contributed by atoms with van der Waals surface area (Å²) >= 11 is 0. The van der Waals surface area contributed by atoms with Crippen molar-refractivity contribution in [2.24, 2.45) is 0 Å². The van der Waals surface area contributed by atoms with Gasteiger partial charge in [-0.25, -0.2) is 4.79 Å². The van der Waals surface area contributed by atoms with Crippen molar-refractivity contribution in [1.82, 2.24) is 14.6 Å². The molecule has 0 spiro atoms. The molecule has 0 saturated carbocycles. The molecular weight excluding hydrogens is 222 g/mol. The van der Waals surface area contributed by atoms with Gasteiger partial charge in [0, 0.05) is 18.7 Å². The fourth-order valence-corrected chi connectivity index (χ4v) is 2.12. The van der Waals surface area contributed by atoms with Crippen molar-refractivity contribution in [2.45, 2.75) is 12.3 Å². The summed E-state index contributed by atoms with van der Waals surface area (Å²) in [4.78, 5) is 11.0. The molecule has 1 unspecified atom stereocenters. The van der Waals surface area contributed by atoms with Crippen LogP contribution in [0.5, 0.6) is 0 Å². The maximum Gasteiger partial charge on any atom is 0.339 e. The Bertz CT molecular complexity index is 572. The number of hydrogen-bond donors (Lipinski definition) is 1. The van der Waals surface area contributed by atoms with E-state index in [1.807, 2.05) is 0 Å². The number of hydrogen-bond acceptors (Lipinski definition) is 4. The molecule has 88 valence electrons. The molecule has 3 rings (SSSR count). The van der Waals surface area contributed by atoms with Crippen LogP contribution in [0.4, 0.5) is 0 Å². The van der Waals surface area contributed by atoms with Crippen molar-refractivity contribution < 1.29 is 14.6 Å². The van der Waals surface area contributed by atoms with E-state index in [-0.39, 0.29) is 11.5 Å². The monoisotopic (exact) mass is 233 g/mol. The van der Waals surface area contributed by atoms with Crippen LogP contribution in [-0.4, -0.2) is 38.9 Å². The highest BCUT2D eigenvalue weighted by Crippen LogP contribution is 2.24. The molecule has 1 saturated heterocycles. The Kier molecular flexibility index (Phi) is 2.29. The second-order valence-electron chi connectivity index (χ2n) is 4.04. The van der Waals surface area contributed by atoms with Crippen LogP contribution in [0.1, 0.15) is 28.5 Å². The van der Waals surface area contributed by atoms with Gasteiger partial charge in [-0.3, -0.25) is 4.40 Å². The van der Waals surface area contributed by atoms with E-state index >= 15 is 0 Å². The molecule has 3 heterocycles. The third kappa shape index (κ3) is 1.57. The van der Waals surface area contributed by atoms with Crippen molar-refractivity contribution in [2.75, 3.05) is 13.2 Å². The first-order valence-electron chi connectivity index (χ1n) is 5.42. The van der Waals surface area contributed by atoms with Crippen LogP contribution in [0, 0.1) is 0 Å². The summed E-state index contributed by atoms with van der Waals surface area (Å²) in [6.07, 6.45) is 2.69. The van der Waals surface area contributed by atoms with Crippen LogP contribution in [-0.2, 0) is 4.74 Å². The average Bonchev–Trinajstić information content (AvgIpc) is 2.96. The number of aromatic nitrogens is 3. The summed E-state index contributed by atoms with van der Waals surface area (Å²) in [5.74, 6) is -0.00753. The van der Waals surface area contributed by atoms with Crippen molar-refractivity contribution in [3.8, 4) is 0 Å². The summed E-state index contributed by atoms with van der Waals surface area (Å²) in [5, 5.41) is 17.1. The molecule has 1 aliphatic rings. The van der Waals surface area contributed by atoms with E-state index in [1.165, 1.54) is 6.07 Å². The molecular formula is C11H11N3O3. The molecule has 1 aliphatic heterocycles. The third-order valence-corrected chi connectivity index (χ3v) is 2.99. The van der Waals surface area contributed by atoms with Crippen molar-refractivity contribution in [1.29, 1.82) is 0 Å². The molecule has 17 heavy (non-hydrogen) atoms. The number of nitrogens with zero attached hydrogens (tertiary/aromatic N) is 3. The summed E-state index contributed by atoms with van der Waals surface area (Å²) in [6.45, 7) is 1.34.